The lowest BCUT2D eigenvalue weighted by atomic mass is 10.1. The summed E-state index contributed by atoms with van der Waals surface area (Å²) in [5.74, 6) is -0.383. The van der Waals surface area contributed by atoms with Crippen LogP contribution in [0.5, 0.6) is 0 Å². The van der Waals surface area contributed by atoms with Gasteiger partial charge in [-0.05, 0) is 49.1 Å². The molecule has 0 fully saturated rings. The molecular weight excluding hydrogens is 458 g/mol. The second-order valence-electron chi connectivity index (χ2n) is 7.39. The van der Waals surface area contributed by atoms with Crippen LogP contribution in [-0.4, -0.2) is 27.7 Å². The Hall–Kier alpha value is -3.24. The van der Waals surface area contributed by atoms with Crippen LogP contribution < -0.4 is 16.2 Å². The maximum atomic E-state index is 12.4. The standard InChI is InChI=1S/C23H25N5O3S2/c1-14-11-15(2)25-23(24-14)33-13-17-6-8-18(9-7-17)22(31)28-27-21(30)12-19(26-16(3)29)20-5-4-10-32-20/h4-11,19H,12-13H2,1-3H3,(H,26,29)(H,27,30)(H,28,31). The van der Waals surface area contributed by atoms with Gasteiger partial charge in [0.2, 0.25) is 11.8 Å². The SMILES string of the molecule is CC(=O)NC(CC(=O)NNC(=O)c1ccc(CSc2nc(C)cc(C)n2)cc1)c1cccs1. The molecule has 0 spiro atoms. The van der Waals surface area contributed by atoms with E-state index in [1.54, 1.807) is 12.1 Å². The molecule has 33 heavy (non-hydrogen) atoms. The molecule has 1 aromatic carbocycles. The average molecular weight is 484 g/mol. The van der Waals surface area contributed by atoms with E-state index in [1.165, 1.54) is 30.0 Å². The Balaban J connectivity index is 1.49. The van der Waals surface area contributed by atoms with Crippen molar-refractivity contribution in [3.63, 3.8) is 0 Å². The Bertz CT molecular complexity index is 1100. The number of hydrazine groups is 1. The van der Waals surface area contributed by atoms with Crippen LogP contribution in [0.15, 0.2) is 53.0 Å². The van der Waals surface area contributed by atoms with Crippen molar-refractivity contribution in [1.82, 2.24) is 26.1 Å². The van der Waals surface area contributed by atoms with Crippen LogP contribution in [0.4, 0.5) is 0 Å². The molecule has 10 heteroatoms. The van der Waals surface area contributed by atoms with Crippen molar-refractivity contribution in [3.8, 4) is 0 Å². The monoisotopic (exact) mass is 483 g/mol. The highest BCUT2D eigenvalue weighted by molar-refractivity contribution is 7.98. The predicted molar refractivity (Wildman–Crippen MR) is 129 cm³/mol. The van der Waals surface area contributed by atoms with E-state index in [2.05, 4.69) is 26.1 Å². The zero-order chi connectivity index (χ0) is 23.8. The molecule has 0 saturated carbocycles. The van der Waals surface area contributed by atoms with Crippen molar-refractivity contribution in [2.75, 3.05) is 0 Å². The first kappa shape index (κ1) is 24.4. The van der Waals surface area contributed by atoms with Gasteiger partial charge in [0.1, 0.15) is 0 Å². The molecule has 0 saturated heterocycles. The second kappa shape index (κ2) is 11.6. The number of hydrogen-bond donors (Lipinski definition) is 3. The summed E-state index contributed by atoms with van der Waals surface area (Å²) in [5.41, 5.74) is 8.13. The molecular formula is C23H25N5O3S2. The van der Waals surface area contributed by atoms with Gasteiger partial charge in [0.15, 0.2) is 5.16 Å². The second-order valence-corrected chi connectivity index (χ2v) is 9.32. The van der Waals surface area contributed by atoms with Crippen molar-refractivity contribution in [1.29, 1.82) is 0 Å². The number of hydrogen-bond acceptors (Lipinski definition) is 7. The van der Waals surface area contributed by atoms with E-state index in [0.29, 0.717) is 11.3 Å². The largest absolute Gasteiger partial charge is 0.348 e. The van der Waals surface area contributed by atoms with E-state index in [-0.39, 0.29) is 12.3 Å². The molecule has 8 nitrogen and oxygen atoms in total. The molecule has 2 aromatic heterocycles. The molecule has 3 rings (SSSR count). The first-order valence-corrected chi connectivity index (χ1v) is 12.1. The van der Waals surface area contributed by atoms with E-state index in [9.17, 15) is 14.4 Å². The summed E-state index contributed by atoms with van der Waals surface area (Å²) in [6.07, 6.45) is 0.0110. The Morgan fingerprint density at radius 2 is 1.73 bits per heavy atom. The van der Waals surface area contributed by atoms with E-state index in [0.717, 1.165) is 27.0 Å². The topological polar surface area (TPSA) is 113 Å². The Morgan fingerprint density at radius 1 is 1.03 bits per heavy atom. The molecule has 1 unspecified atom stereocenters. The van der Waals surface area contributed by atoms with Crippen molar-refractivity contribution in [2.24, 2.45) is 0 Å². The molecule has 3 aromatic rings. The average Bonchev–Trinajstić information content (AvgIpc) is 3.30. The highest BCUT2D eigenvalue weighted by Crippen LogP contribution is 2.22. The summed E-state index contributed by atoms with van der Waals surface area (Å²) in [6, 6.07) is 12.3. The third kappa shape index (κ3) is 7.69. The molecule has 0 aliphatic heterocycles. The van der Waals surface area contributed by atoms with Gasteiger partial charge in [0.25, 0.3) is 5.91 Å². The molecule has 0 radical (unpaired) electrons. The molecule has 3 amide bonds. The zero-order valence-corrected chi connectivity index (χ0v) is 20.2. The maximum absolute atomic E-state index is 12.4. The third-order valence-corrected chi connectivity index (χ3v) is 6.42. The third-order valence-electron chi connectivity index (χ3n) is 4.51. The summed E-state index contributed by atoms with van der Waals surface area (Å²) < 4.78 is 0. The fraction of sp³-hybridized carbons (Fsp3) is 0.261. The number of carbonyl (C=O) groups is 3. The Kier molecular flexibility index (Phi) is 8.56. The minimum atomic E-state index is -0.447. The summed E-state index contributed by atoms with van der Waals surface area (Å²) in [5, 5.41) is 5.35. The summed E-state index contributed by atoms with van der Waals surface area (Å²) in [6.45, 7) is 5.28. The predicted octanol–water partition coefficient (Wildman–Crippen LogP) is 3.48. The first-order valence-electron chi connectivity index (χ1n) is 10.2. The molecule has 1 atom stereocenters. The zero-order valence-electron chi connectivity index (χ0n) is 18.5. The van der Waals surface area contributed by atoms with E-state index in [1.807, 2.05) is 49.6 Å². The number of nitrogens with one attached hydrogen (secondary N) is 3. The lowest BCUT2D eigenvalue weighted by Gasteiger charge is -2.16. The van der Waals surface area contributed by atoms with Crippen molar-refractivity contribution in [2.45, 2.75) is 44.1 Å². The van der Waals surface area contributed by atoms with Gasteiger partial charge in [-0.1, -0.05) is 30.0 Å². The van der Waals surface area contributed by atoms with Crippen molar-refractivity contribution >= 4 is 40.8 Å². The quantitative estimate of drug-likeness (QED) is 0.257. The van der Waals surface area contributed by atoms with Gasteiger partial charge < -0.3 is 5.32 Å². The van der Waals surface area contributed by atoms with Crippen LogP contribution >= 0.6 is 23.1 Å². The van der Waals surface area contributed by atoms with Crippen LogP contribution in [0.3, 0.4) is 0 Å². The number of thiophene rings is 1. The molecule has 0 bridgehead atoms. The van der Waals surface area contributed by atoms with Gasteiger partial charge in [-0.15, -0.1) is 11.3 Å². The van der Waals surface area contributed by atoms with Gasteiger partial charge in [-0.3, -0.25) is 25.2 Å². The highest BCUT2D eigenvalue weighted by atomic mass is 32.2. The number of carbonyl (C=O) groups excluding carboxylic acids is 3. The van der Waals surface area contributed by atoms with Crippen molar-refractivity contribution in [3.05, 3.63) is 75.2 Å². The minimum Gasteiger partial charge on any atom is -0.348 e. The van der Waals surface area contributed by atoms with Gasteiger partial charge in [-0.25, -0.2) is 9.97 Å². The normalized spacial score (nSPS) is 11.5. The first-order chi connectivity index (χ1) is 15.8. The Morgan fingerprint density at radius 3 is 2.33 bits per heavy atom. The number of amides is 3. The molecule has 0 aliphatic rings. The summed E-state index contributed by atoms with van der Waals surface area (Å²) in [7, 11) is 0. The highest BCUT2D eigenvalue weighted by Gasteiger charge is 2.18. The van der Waals surface area contributed by atoms with Crippen LogP contribution in [0, 0.1) is 13.8 Å². The van der Waals surface area contributed by atoms with Crippen LogP contribution in [0.2, 0.25) is 0 Å². The Labute approximate surface area is 200 Å². The number of aryl methyl sites for hydroxylation is 2. The molecule has 2 heterocycles. The van der Waals surface area contributed by atoms with Gasteiger partial charge in [-0.2, -0.15) is 0 Å². The summed E-state index contributed by atoms with van der Waals surface area (Å²) in [4.78, 5) is 45.8. The van der Waals surface area contributed by atoms with Crippen LogP contribution in [0.1, 0.15) is 51.6 Å². The van der Waals surface area contributed by atoms with Gasteiger partial charge >= 0.3 is 0 Å². The number of nitrogens with zero attached hydrogens (tertiary/aromatic N) is 2. The number of rotatable bonds is 8. The minimum absolute atomic E-state index is 0.0110. The molecule has 0 aliphatic carbocycles. The number of aromatic nitrogens is 2. The number of benzene rings is 1. The smallest absolute Gasteiger partial charge is 0.269 e. The van der Waals surface area contributed by atoms with Gasteiger partial charge in [0, 0.05) is 34.5 Å². The fourth-order valence-corrected chi connectivity index (χ4v) is 4.73. The van der Waals surface area contributed by atoms with Gasteiger partial charge in [0.05, 0.1) is 12.5 Å². The lowest BCUT2D eigenvalue weighted by molar-refractivity contribution is -0.123. The maximum Gasteiger partial charge on any atom is 0.269 e. The van der Waals surface area contributed by atoms with Crippen LogP contribution in [0.25, 0.3) is 0 Å². The fourth-order valence-electron chi connectivity index (χ4n) is 3.05. The van der Waals surface area contributed by atoms with E-state index < -0.39 is 17.9 Å². The van der Waals surface area contributed by atoms with E-state index >= 15 is 0 Å². The van der Waals surface area contributed by atoms with Crippen LogP contribution in [-0.2, 0) is 15.3 Å². The van der Waals surface area contributed by atoms with Crippen molar-refractivity contribution < 1.29 is 14.4 Å². The summed E-state index contributed by atoms with van der Waals surface area (Å²) >= 11 is 2.98. The van der Waals surface area contributed by atoms with E-state index in [4.69, 9.17) is 0 Å². The molecule has 3 N–H and O–H groups in total. The lowest BCUT2D eigenvalue weighted by Crippen LogP contribution is -2.43. The number of thioether (sulfide) groups is 1. The molecule has 172 valence electrons.